The van der Waals surface area contributed by atoms with Gasteiger partial charge in [-0.05, 0) is 56.2 Å². The van der Waals surface area contributed by atoms with Gasteiger partial charge in [0.2, 0.25) is 12.2 Å². The van der Waals surface area contributed by atoms with Crippen LogP contribution in [0.15, 0.2) is 59.7 Å². The average Bonchev–Trinajstić information content (AvgIpc) is 3.21. The summed E-state index contributed by atoms with van der Waals surface area (Å²) < 4.78 is 2.76. The first kappa shape index (κ1) is 30.1. The van der Waals surface area contributed by atoms with E-state index in [1.54, 1.807) is 36.0 Å². The molecule has 3 heterocycles. The van der Waals surface area contributed by atoms with E-state index in [1.165, 1.54) is 18.7 Å². The second-order valence-corrected chi connectivity index (χ2v) is 10.4. The first-order chi connectivity index (χ1) is 18.0. The number of pyridine rings is 1. The van der Waals surface area contributed by atoms with Crippen LogP contribution >= 0.6 is 27.5 Å². The summed E-state index contributed by atoms with van der Waals surface area (Å²) >= 11 is 9.49. The summed E-state index contributed by atoms with van der Waals surface area (Å²) in [5.74, 6) is 0.350. The highest BCUT2D eigenvalue weighted by Gasteiger charge is 2.26. The number of benzene rings is 1. The Morgan fingerprint density at radius 1 is 1.23 bits per heavy atom. The number of anilines is 3. The van der Waals surface area contributed by atoms with Crippen molar-refractivity contribution in [1.82, 2.24) is 24.5 Å². The molecular formula is C24H24Br2ClN9O3. The lowest BCUT2D eigenvalue weighted by molar-refractivity contribution is -0.898. The number of aromatic nitrogens is 5. The molecule has 0 fully saturated rings. The smallest absolute Gasteiger partial charge is 0.390 e. The van der Waals surface area contributed by atoms with Crippen LogP contribution in [0, 0.1) is 10.1 Å². The van der Waals surface area contributed by atoms with E-state index in [2.05, 4.69) is 46.5 Å². The summed E-state index contributed by atoms with van der Waals surface area (Å²) in [7, 11) is 5.55. The molecule has 39 heavy (non-hydrogen) atoms. The van der Waals surface area contributed by atoms with Crippen LogP contribution in [0.3, 0.4) is 0 Å². The van der Waals surface area contributed by atoms with E-state index in [9.17, 15) is 14.9 Å². The van der Waals surface area contributed by atoms with Crippen molar-refractivity contribution in [3.05, 3.63) is 80.6 Å². The first-order valence-corrected chi connectivity index (χ1v) is 12.5. The molecule has 2 N–H and O–H groups in total. The average molecular weight is 682 g/mol. The number of hydrogen-bond acceptors (Lipinski definition) is 8. The highest BCUT2D eigenvalue weighted by molar-refractivity contribution is 9.10. The van der Waals surface area contributed by atoms with Crippen LogP contribution < -0.4 is 27.6 Å². The maximum absolute atomic E-state index is 12.6. The van der Waals surface area contributed by atoms with E-state index < -0.39 is 4.92 Å². The Balaban J connectivity index is 0.00000420. The maximum Gasteiger partial charge on any atom is 0.390 e. The Labute approximate surface area is 247 Å². The second-order valence-electron chi connectivity index (χ2n) is 9.11. The molecule has 0 atom stereocenters. The van der Waals surface area contributed by atoms with Gasteiger partial charge in [-0.1, -0.05) is 11.6 Å². The Hall–Kier alpha value is -3.46. The van der Waals surface area contributed by atoms with Crippen molar-refractivity contribution in [2.24, 2.45) is 7.05 Å². The minimum Gasteiger partial charge on any atom is -1.00 e. The van der Waals surface area contributed by atoms with E-state index in [4.69, 9.17) is 11.6 Å². The summed E-state index contributed by atoms with van der Waals surface area (Å²) in [6.07, 6.45) is 7.54. The van der Waals surface area contributed by atoms with Crippen LogP contribution in [0.4, 0.5) is 23.1 Å². The number of rotatable bonds is 9. The number of nitrogens with zero attached hydrogens (tertiary/aromatic N) is 7. The van der Waals surface area contributed by atoms with Gasteiger partial charge in [0, 0.05) is 28.7 Å². The summed E-state index contributed by atoms with van der Waals surface area (Å²) in [5, 5.41) is 18.5. The van der Waals surface area contributed by atoms with Crippen LogP contribution in [0.2, 0.25) is 5.02 Å². The highest BCUT2D eigenvalue weighted by atomic mass is 79.9. The number of halogens is 3. The summed E-state index contributed by atoms with van der Waals surface area (Å²) in [6, 6.07) is 7.10. The molecule has 0 aliphatic rings. The zero-order valence-corrected chi connectivity index (χ0v) is 25.0. The van der Waals surface area contributed by atoms with Crippen molar-refractivity contribution < 1.29 is 31.2 Å². The predicted octanol–water partition coefficient (Wildman–Crippen LogP) is 1.60. The van der Waals surface area contributed by atoms with Gasteiger partial charge < -0.3 is 46.8 Å². The molecule has 0 saturated heterocycles. The van der Waals surface area contributed by atoms with E-state index in [0.29, 0.717) is 50.8 Å². The standard InChI is InChI=1S/C24H23BrClN9O3.BrH/c1-33-14-30-24(34(37)38)20(33)12-35(2,3)8-4-5-22(36)32-21-10-16-19(11-27-21)28-13-29-23(16)31-15-6-7-18(26)17(25)9-15;/h4-7,9-11,13-14H,8,12H2,1-3H3,(H-,27,28,29,31,32,36);1H. The number of fused-ring (bicyclic) bond motifs is 1. The molecule has 12 nitrogen and oxygen atoms in total. The third kappa shape index (κ3) is 7.56. The molecule has 3 aromatic heterocycles. The second kappa shape index (κ2) is 12.6. The molecule has 15 heteroatoms. The van der Waals surface area contributed by atoms with Crippen LogP contribution in [-0.4, -0.2) is 60.5 Å². The van der Waals surface area contributed by atoms with Crippen molar-refractivity contribution in [2.75, 3.05) is 31.3 Å². The maximum atomic E-state index is 12.6. The van der Waals surface area contributed by atoms with Gasteiger partial charge in [0.15, 0.2) is 5.69 Å². The molecule has 0 aliphatic heterocycles. The van der Waals surface area contributed by atoms with E-state index in [1.807, 2.05) is 26.2 Å². The molecule has 0 radical (unpaired) electrons. The fourth-order valence-electron chi connectivity index (χ4n) is 3.70. The zero-order valence-electron chi connectivity index (χ0n) is 21.1. The van der Waals surface area contributed by atoms with Crippen LogP contribution in [-0.2, 0) is 18.4 Å². The molecule has 4 rings (SSSR count). The highest BCUT2D eigenvalue weighted by Crippen LogP contribution is 2.29. The lowest BCUT2D eigenvalue weighted by Crippen LogP contribution is -3.00. The third-order valence-corrected chi connectivity index (χ3v) is 6.83. The van der Waals surface area contributed by atoms with E-state index in [0.717, 1.165) is 10.2 Å². The SMILES string of the molecule is Cn1cnc([N+](=O)[O-])c1C[N+](C)(C)CC=CC(=O)Nc1cc2c(Nc3ccc(Cl)c(Br)c3)ncnc2cn1.[Br-]. The van der Waals surface area contributed by atoms with Crippen LogP contribution in [0.5, 0.6) is 0 Å². The fourth-order valence-corrected chi connectivity index (χ4v) is 4.19. The van der Waals surface area contributed by atoms with Crippen LogP contribution in [0.1, 0.15) is 5.69 Å². The molecule has 0 spiro atoms. The molecule has 204 valence electrons. The van der Waals surface area contributed by atoms with Crippen molar-refractivity contribution in [3.8, 4) is 0 Å². The number of carbonyl (C=O) groups excluding carboxylic acids is 1. The van der Waals surface area contributed by atoms with Gasteiger partial charge in [-0.3, -0.25) is 4.79 Å². The van der Waals surface area contributed by atoms with Gasteiger partial charge in [-0.25, -0.2) is 15.0 Å². The van der Waals surface area contributed by atoms with Crippen molar-refractivity contribution in [3.63, 3.8) is 0 Å². The largest absolute Gasteiger partial charge is 1.00 e. The van der Waals surface area contributed by atoms with E-state index >= 15 is 0 Å². The summed E-state index contributed by atoms with van der Waals surface area (Å²) in [5.41, 5.74) is 1.88. The van der Waals surface area contributed by atoms with Gasteiger partial charge in [-0.15, -0.1) is 0 Å². The summed E-state index contributed by atoms with van der Waals surface area (Å²) in [6.45, 7) is 0.824. The number of aryl methyl sites for hydroxylation is 1. The van der Waals surface area contributed by atoms with Gasteiger partial charge >= 0.3 is 5.82 Å². The fraction of sp³-hybridized carbons (Fsp3) is 0.208. The lowest BCUT2D eigenvalue weighted by Gasteiger charge is -2.27. The first-order valence-electron chi connectivity index (χ1n) is 11.3. The molecular weight excluding hydrogens is 658 g/mol. The molecule has 4 aromatic rings. The van der Waals surface area contributed by atoms with Crippen LogP contribution in [0.25, 0.3) is 10.9 Å². The molecule has 1 aromatic carbocycles. The minimum atomic E-state index is -0.491. The Bertz CT molecular complexity index is 1560. The monoisotopic (exact) mass is 679 g/mol. The Morgan fingerprint density at radius 3 is 2.72 bits per heavy atom. The minimum absolute atomic E-state index is 0. The van der Waals surface area contributed by atoms with Gasteiger partial charge in [0.05, 0.1) is 37.4 Å². The van der Waals surface area contributed by atoms with Gasteiger partial charge in [0.25, 0.3) is 0 Å². The molecule has 1 amide bonds. The Kier molecular flexibility index (Phi) is 9.72. The van der Waals surface area contributed by atoms with Gasteiger partial charge in [-0.2, -0.15) is 0 Å². The number of likely N-dealkylation sites (N-methyl/N-ethyl adjacent to an activating group) is 1. The summed E-state index contributed by atoms with van der Waals surface area (Å²) in [4.78, 5) is 40.0. The number of nitrogens with one attached hydrogen (secondary N) is 2. The Morgan fingerprint density at radius 2 is 2.00 bits per heavy atom. The molecule has 0 saturated carbocycles. The quantitative estimate of drug-likeness (QED) is 0.118. The number of amides is 1. The van der Waals surface area contributed by atoms with Crippen molar-refractivity contribution >= 4 is 67.5 Å². The molecule has 0 unspecified atom stereocenters. The predicted molar refractivity (Wildman–Crippen MR) is 148 cm³/mol. The lowest BCUT2D eigenvalue weighted by atomic mass is 10.2. The number of quaternary nitrogens is 1. The normalized spacial score (nSPS) is 11.4. The van der Waals surface area contributed by atoms with E-state index in [-0.39, 0.29) is 28.7 Å². The van der Waals surface area contributed by atoms with Crippen molar-refractivity contribution in [2.45, 2.75) is 6.54 Å². The van der Waals surface area contributed by atoms with Crippen molar-refractivity contribution in [1.29, 1.82) is 0 Å². The third-order valence-electron chi connectivity index (χ3n) is 5.61. The molecule has 0 aliphatic carbocycles. The zero-order chi connectivity index (χ0) is 27.4. The number of carbonyl (C=O) groups is 1. The topological polar surface area (TPSA) is 141 Å². The number of imidazole rings is 1. The number of nitro groups is 1. The molecule has 0 bridgehead atoms. The van der Waals surface area contributed by atoms with Gasteiger partial charge in [0.1, 0.15) is 24.5 Å². The number of hydrogen-bond donors (Lipinski definition) is 2.